The van der Waals surface area contributed by atoms with Crippen molar-refractivity contribution in [1.82, 2.24) is 0 Å². The van der Waals surface area contributed by atoms with Crippen molar-refractivity contribution in [3.8, 4) is 23.0 Å². The van der Waals surface area contributed by atoms with E-state index in [9.17, 15) is 14.4 Å². The Kier molecular flexibility index (Phi) is 19.0. The second kappa shape index (κ2) is 23.7. The molecule has 1 aliphatic rings. The lowest BCUT2D eigenvalue weighted by Gasteiger charge is -2.27. The predicted octanol–water partition coefficient (Wildman–Crippen LogP) is 8.56. The van der Waals surface area contributed by atoms with Gasteiger partial charge in [0.1, 0.15) is 0 Å². The van der Waals surface area contributed by atoms with Gasteiger partial charge in [-0.2, -0.15) is 0 Å². The van der Waals surface area contributed by atoms with Crippen molar-refractivity contribution in [3.05, 3.63) is 71.8 Å². The van der Waals surface area contributed by atoms with Crippen LogP contribution >= 0.6 is 0 Å². The number of ether oxygens (including phenoxy) is 7. The van der Waals surface area contributed by atoms with E-state index < -0.39 is 5.97 Å². The summed E-state index contributed by atoms with van der Waals surface area (Å²) >= 11 is 0. The number of hydrogen-bond acceptors (Lipinski definition) is 10. The molecule has 0 aromatic heterocycles. The Morgan fingerprint density at radius 1 is 0.654 bits per heavy atom. The zero-order chi connectivity index (χ0) is 37.6. The molecule has 1 fully saturated rings. The Hall–Kier alpha value is -4.73. The highest BCUT2D eigenvalue weighted by molar-refractivity contribution is 5.88. The first-order chi connectivity index (χ1) is 25.2. The summed E-state index contributed by atoms with van der Waals surface area (Å²) in [6, 6.07) is 10.9. The fraction of sp³-hybridized carbons (Fsp3) is 0.500. The Bertz CT molecular complexity index is 1490. The molecule has 2 aromatic carbocycles. The molecule has 0 saturated heterocycles. The largest absolute Gasteiger partial charge is 0.493 e. The second-order valence-electron chi connectivity index (χ2n) is 13.0. The maximum Gasteiger partial charge on any atom is 0.333 e. The standard InChI is InChI=1S/C42H56O10/c1-6-32-12-14-35(15-13-32)30-52-41(44)23-19-34-17-21-37(39(29-34)47-5)49-26-11-27-50-40(43)22-18-33-16-20-36(38(28-33)46-4)48-24-9-7-8-10-25-51-42(45)31(2)3/h16-23,28-29,32,35H,2,6-15,24-27,30H2,1,3-5H3. The van der Waals surface area contributed by atoms with Gasteiger partial charge in [0.15, 0.2) is 23.0 Å². The molecule has 2 aromatic rings. The molecule has 0 aliphatic heterocycles. The molecule has 1 aliphatic carbocycles. The monoisotopic (exact) mass is 720 g/mol. The summed E-state index contributed by atoms with van der Waals surface area (Å²) < 4.78 is 38.6. The van der Waals surface area contributed by atoms with E-state index in [1.165, 1.54) is 31.4 Å². The quantitative estimate of drug-likeness (QED) is 0.0479. The van der Waals surface area contributed by atoms with Gasteiger partial charge in [-0.3, -0.25) is 0 Å². The van der Waals surface area contributed by atoms with Gasteiger partial charge in [0.2, 0.25) is 0 Å². The molecule has 0 atom stereocenters. The predicted molar refractivity (Wildman–Crippen MR) is 202 cm³/mol. The lowest BCUT2D eigenvalue weighted by Crippen LogP contribution is -2.19. The van der Waals surface area contributed by atoms with Crippen molar-refractivity contribution in [2.24, 2.45) is 11.8 Å². The summed E-state index contributed by atoms with van der Waals surface area (Å²) in [5, 5.41) is 0. The number of unbranched alkanes of at least 4 members (excludes halogenated alkanes) is 3. The summed E-state index contributed by atoms with van der Waals surface area (Å²) in [5.74, 6) is 2.38. The van der Waals surface area contributed by atoms with Crippen molar-refractivity contribution in [2.45, 2.75) is 78.1 Å². The zero-order valence-corrected chi connectivity index (χ0v) is 31.3. The fourth-order valence-corrected chi connectivity index (χ4v) is 5.69. The summed E-state index contributed by atoms with van der Waals surface area (Å²) in [6.07, 6.45) is 16.1. The van der Waals surface area contributed by atoms with Gasteiger partial charge in [0, 0.05) is 24.1 Å². The average Bonchev–Trinajstić information content (AvgIpc) is 3.16. The third-order valence-corrected chi connectivity index (χ3v) is 8.87. The molecule has 0 unspecified atom stereocenters. The molecular weight excluding hydrogens is 664 g/mol. The second-order valence-corrected chi connectivity index (χ2v) is 13.0. The van der Waals surface area contributed by atoms with E-state index in [1.54, 1.807) is 51.5 Å². The van der Waals surface area contributed by atoms with Crippen LogP contribution in [-0.4, -0.2) is 65.2 Å². The molecule has 10 heteroatoms. The number of rotatable bonds is 23. The van der Waals surface area contributed by atoms with E-state index >= 15 is 0 Å². The van der Waals surface area contributed by atoms with Crippen LogP contribution in [0.1, 0.15) is 89.2 Å². The topological polar surface area (TPSA) is 116 Å². The maximum atomic E-state index is 12.3. The summed E-state index contributed by atoms with van der Waals surface area (Å²) in [5.41, 5.74) is 1.96. The number of carbonyl (C=O) groups excluding carboxylic acids is 3. The van der Waals surface area contributed by atoms with Crippen LogP contribution in [0.2, 0.25) is 0 Å². The van der Waals surface area contributed by atoms with E-state index in [4.69, 9.17) is 33.2 Å². The lowest BCUT2D eigenvalue weighted by molar-refractivity contribution is -0.140. The van der Waals surface area contributed by atoms with Crippen LogP contribution in [0.25, 0.3) is 12.2 Å². The van der Waals surface area contributed by atoms with E-state index in [1.807, 2.05) is 18.2 Å². The normalized spacial score (nSPS) is 15.6. The minimum absolute atomic E-state index is 0.185. The van der Waals surface area contributed by atoms with Gasteiger partial charge >= 0.3 is 17.9 Å². The lowest BCUT2D eigenvalue weighted by atomic mass is 9.81. The van der Waals surface area contributed by atoms with E-state index in [-0.39, 0.29) is 18.5 Å². The SMILES string of the molecule is C=C(C)C(=O)OCCCCCCOc1ccc(C=CC(=O)OCCCOc2ccc(C=CC(=O)OCC3CCC(CC)CC3)cc2OC)cc1OC. The van der Waals surface area contributed by atoms with Gasteiger partial charge in [-0.15, -0.1) is 0 Å². The van der Waals surface area contributed by atoms with Crippen molar-refractivity contribution in [2.75, 3.05) is 47.3 Å². The third kappa shape index (κ3) is 15.7. The molecule has 284 valence electrons. The van der Waals surface area contributed by atoms with Crippen molar-refractivity contribution >= 4 is 30.1 Å². The maximum absolute atomic E-state index is 12.3. The molecule has 0 N–H and O–H groups in total. The molecular formula is C42H56O10. The van der Waals surface area contributed by atoms with Gasteiger partial charge in [0.25, 0.3) is 0 Å². The highest BCUT2D eigenvalue weighted by atomic mass is 16.5. The van der Waals surface area contributed by atoms with E-state index in [2.05, 4.69) is 13.5 Å². The van der Waals surface area contributed by atoms with Crippen LogP contribution in [0.15, 0.2) is 60.7 Å². The molecule has 10 nitrogen and oxygen atoms in total. The summed E-state index contributed by atoms with van der Waals surface area (Å²) in [7, 11) is 3.12. The van der Waals surface area contributed by atoms with Crippen LogP contribution in [0, 0.1) is 11.8 Å². The van der Waals surface area contributed by atoms with E-state index in [0.717, 1.165) is 55.6 Å². The first-order valence-corrected chi connectivity index (χ1v) is 18.4. The molecule has 0 heterocycles. The summed E-state index contributed by atoms with van der Waals surface area (Å²) in [4.78, 5) is 36.0. The molecule has 0 spiro atoms. The highest BCUT2D eigenvalue weighted by Gasteiger charge is 2.21. The minimum Gasteiger partial charge on any atom is -0.493 e. The van der Waals surface area contributed by atoms with E-state index in [0.29, 0.717) is 67.3 Å². The van der Waals surface area contributed by atoms with Crippen LogP contribution in [-0.2, 0) is 28.6 Å². The number of methoxy groups -OCH3 is 2. The molecule has 0 radical (unpaired) electrons. The van der Waals surface area contributed by atoms with Crippen LogP contribution in [0.3, 0.4) is 0 Å². The number of esters is 3. The van der Waals surface area contributed by atoms with Crippen molar-refractivity contribution < 1.29 is 47.5 Å². The zero-order valence-electron chi connectivity index (χ0n) is 31.3. The fourth-order valence-electron chi connectivity index (χ4n) is 5.69. The third-order valence-electron chi connectivity index (χ3n) is 8.87. The smallest absolute Gasteiger partial charge is 0.333 e. The number of benzene rings is 2. The Labute approximate surface area is 309 Å². The highest BCUT2D eigenvalue weighted by Crippen LogP contribution is 2.32. The minimum atomic E-state index is -0.468. The molecule has 3 rings (SSSR count). The molecule has 52 heavy (non-hydrogen) atoms. The van der Waals surface area contributed by atoms with Gasteiger partial charge in [-0.05, 0) is 105 Å². The van der Waals surface area contributed by atoms with Crippen LogP contribution < -0.4 is 18.9 Å². The van der Waals surface area contributed by atoms with Gasteiger partial charge in [-0.1, -0.05) is 44.9 Å². The Morgan fingerprint density at radius 2 is 1.15 bits per heavy atom. The molecule has 0 amide bonds. The Morgan fingerprint density at radius 3 is 1.69 bits per heavy atom. The van der Waals surface area contributed by atoms with Crippen LogP contribution in [0.4, 0.5) is 0 Å². The first-order valence-electron chi connectivity index (χ1n) is 18.4. The van der Waals surface area contributed by atoms with Crippen LogP contribution in [0.5, 0.6) is 23.0 Å². The number of hydrogen-bond donors (Lipinski definition) is 0. The Balaban J connectivity index is 1.31. The van der Waals surface area contributed by atoms with Gasteiger partial charge in [0.05, 0.1) is 47.3 Å². The number of carbonyl (C=O) groups is 3. The molecule has 0 bridgehead atoms. The van der Waals surface area contributed by atoms with Gasteiger partial charge in [-0.25, -0.2) is 14.4 Å². The first kappa shape index (κ1) is 41.7. The summed E-state index contributed by atoms with van der Waals surface area (Å²) in [6.45, 7) is 9.34. The van der Waals surface area contributed by atoms with Gasteiger partial charge < -0.3 is 33.2 Å². The van der Waals surface area contributed by atoms with Crippen molar-refractivity contribution in [3.63, 3.8) is 0 Å². The van der Waals surface area contributed by atoms with Crippen molar-refractivity contribution in [1.29, 1.82) is 0 Å². The molecule has 1 saturated carbocycles. The average molecular weight is 721 g/mol.